The summed E-state index contributed by atoms with van der Waals surface area (Å²) in [6, 6.07) is -1.54. The first kappa shape index (κ1) is 46.1. The zero-order chi connectivity index (χ0) is 37.1. The summed E-state index contributed by atoms with van der Waals surface area (Å²) in [7, 11) is -4.74. The molecule has 4 N–H and O–H groups in total. The van der Waals surface area contributed by atoms with Crippen molar-refractivity contribution >= 4 is 25.7 Å². The molecule has 11 nitrogen and oxygen atoms in total. The minimum atomic E-state index is -4.74. The Balaban J connectivity index is 4.74. The van der Waals surface area contributed by atoms with E-state index in [1.807, 2.05) is 97.2 Å². The molecule has 0 aromatic rings. The van der Waals surface area contributed by atoms with Crippen molar-refractivity contribution in [3.63, 3.8) is 0 Å². The van der Waals surface area contributed by atoms with Crippen molar-refractivity contribution in [1.29, 1.82) is 0 Å². The number of aliphatic carboxylic acids is 1. The molecular weight excluding hydrogens is 661 g/mol. The quantitative estimate of drug-likeness (QED) is 0.0297. The van der Waals surface area contributed by atoms with Gasteiger partial charge >= 0.3 is 25.7 Å². The van der Waals surface area contributed by atoms with Crippen LogP contribution in [0.5, 0.6) is 0 Å². The molecule has 12 heteroatoms. The second-order valence-corrected chi connectivity index (χ2v) is 12.2. The lowest BCUT2D eigenvalue weighted by Crippen LogP contribution is -2.34. The maximum absolute atomic E-state index is 12.5. The third kappa shape index (κ3) is 31.4. The number of ether oxygens (including phenoxy) is 2. The van der Waals surface area contributed by atoms with Crippen molar-refractivity contribution in [3.05, 3.63) is 109 Å². The average Bonchev–Trinajstić information content (AvgIpc) is 3.09. The summed E-state index contributed by atoms with van der Waals surface area (Å²) >= 11 is 0. The first-order chi connectivity index (χ1) is 24.1. The van der Waals surface area contributed by atoms with Crippen LogP contribution in [0, 0.1) is 0 Å². The highest BCUT2D eigenvalue weighted by atomic mass is 31.2. The molecule has 0 bridgehead atoms. The highest BCUT2D eigenvalue weighted by molar-refractivity contribution is 7.47. The number of hydrogen-bond acceptors (Lipinski definition) is 9. The maximum Gasteiger partial charge on any atom is 0.472 e. The van der Waals surface area contributed by atoms with Gasteiger partial charge in [-0.05, 0) is 44.9 Å². The number of allylic oxidation sites excluding steroid dienone is 18. The monoisotopic (exact) mass is 717 g/mol. The Kier molecular flexibility index (Phi) is 29.9. The van der Waals surface area contributed by atoms with E-state index in [2.05, 4.69) is 30.5 Å². The first-order valence-electron chi connectivity index (χ1n) is 17.0. The Hall–Kier alpha value is -3.86. The second kappa shape index (κ2) is 32.4. The first-order valence-corrected chi connectivity index (χ1v) is 18.5. The fourth-order valence-electron chi connectivity index (χ4n) is 3.57. The van der Waals surface area contributed by atoms with Gasteiger partial charge in [0.25, 0.3) is 0 Å². The van der Waals surface area contributed by atoms with Gasteiger partial charge in [0.15, 0.2) is 6.10 Å². The zero-order valence-corrected chi connectivity index (χ0v) is 30.3. The van der Waals surface area contributed by atoms with Crippen molar-refractivity contribution in [3.8, 4) is 0 Å². The number of unbranched alkanes of at least 4 members (excludes halogenated alkanes) is 4. The molecule has 278 valence electrons. The molecule has 0 radical (unpaired) electrons. The zero-order valence-electron chi connectivity index (χ0n) is 29.4. The predicted molar refractivity (Wildman–Crippen MR) is 198 cm³/mol. The van der Waals surface area contributed by atoms with Crippen LogP contribution in [0.3, 0.4) is 0 Å². The van der Waals surface area contributed by atoms with E-state index in [9.17, 15) is 23.8 Å². The molecule has 0 aliphatic rings. The summed E-state index contributed by atoms with van der Waals surface area (Å²) in [5, 5.41) is 8.84. The number of phosphoric acid groups is 1. The molecule has 0 heterocycles. The number of hydrogen-bond donors (Lipinski definition) is 3. The number of carboxylic acids is 1. The fraction of sp³-hybridized carbons (Fsp3) is 0.447. The summed E-state index contributed by atoms with van der Waals surface area (Å²) in [4.78, 5) is 45.6. The van der Waals surface area contributed by atoms with Gasteiger partial charge in [0.1, 0.15) is 12.6 Å². The van der Waals surface area contributed by atoms with Crippen LogP contribution in [0.1, 0.15) is 78.1 Å². The summed E-state index contributed by atoms with van der Waals surface area (Å²) in [6.07, 6.45) is 40.5. The average molecular weight is 718 g/mol. The molecular formula is C38H56NO10P. The van der Waals surface area contributed by atoms with E-state index < -0.39 is 57.7 Å². The van der Waals surface area contributed by atoms with Gasteiger partial charge in [-0.3, -0.25) is 23.4 Å². The van der Waals surface area contributed by atoms with Crippen LogP contribution in [0.25, 0.3) is 0 Å². The molecule has 0 rings (SSSR count). The molecule has 0 saturated heterocycles. The van der Waals surface area contributed by atoms with Crippen LogP contribution in [-0.4, -0.2) is 59.9 Å². The Morgan fingerprint density at radius 3 is 1.60 bits per heavy atom. The van der Waals surface area contributed by atoms with Crippen molar-refractivity contribution in [2.75, 3.05) is 19.8 Å². The SMILES string of the molecule is CC/C=C/C=C/C=C/C=C/C=C/CCCC(=O)OCC(COP(=O)(O)OC[C@H](N)C(=O)O)OC(=O)CCCCC/C=C/C=C/C=C/C=C/CC. The van der Waals surface area contributed by atoms with E-state index in [-0.39, 0.29) is 12.8 Å². The van der Waals surface area contributed by atoms with Gasteiger partial charge in [-0.2, -0.15) is 0 Å². The molecule has 0 fully saturated rings. The Morgan fingerprint density at radius 2 is 1.08 bits per heavy atom. The molecule has 3 atom stereocenters. The van der Waals surface area contributed by atoms with Gasteiger partial charge in [-0.25, -0.2) is 4.57 Å². The highest BCUT2D eigenvalue weighted by Gasteiger charge is 2.28. The van der Waals surface area contributed by atoms with Crippen LogP contribution < -0.4 is 5.73 Å². The van der Waals surface area contributed by atoms with E-state index in [0.29, 0.717) is 19.3 Å². The lowest BCUT2D eigenvalue weighted by molar-refractivity contribution is -0.161. The molecule has 2 unspecified atom stereocenters. The highest BCUT2D eigenvalue weighted by Crippen LogP contribution is 2.43. The van der Waals surface area contributed by atoms with Crippen LogP contribution in [-0.2, 0) is 37.5 Å². The molecule has 0 aromatic carbocycles. The lowest BCUT2D eigenvalue weighted by atomic mass is 10.1. The van der Waals surface area contributed by atoms with Crippen LogP contribution in [0.4, 0.5) is 0 Å². The van der Waals surface area contributed by atoms with Crippen molar-refractivity contribution in [1.82, 2.24) is 0 Å². The number of phosphoric ester groups is 1. The third-order valence-electron chi connectivity index (χ3n) is 6.24. The molecule has 50 heavy (non-hydrogen) atoms. The van der Waals surface area contributed by atoms with Crippen LogP contribution in [0.2, 0.25) is 0 Å². The summed E-state index contributed by atoms with van der Waals surface area (Å²) in [5.41, 5.74) is 5.29. The molecule has 0 saturated carbocycles. The normalized spacial score (nSPS) is 15.3. The van der Waals surface area contributed by atoms with Gasteiger partial charge in [0.2, 0.25) is 0 Å². The molecule has 0 aromatic heterocycles. The third-order valence-corrected chi connectivity index (χ3v) is 7.19. The molecule has 0 aliphatic heterocycles. The minimum absolute atomic E-state index is 0.0917. The number of carboxylic acid groups (broad SMARTS) is 1. The Morgan fingerprint density at radius 1 is 0.620 bits per heavy atom. The molecule has 0 amide bonds. The van der Waals surface area contributed by atoms with E-state index in [1.54, 1.807) is 0 Å². The molecule has 0 aliphatic carbocycles. The van der Waals surface area contributed by atoms with E-state index >= 15 is 0 Å². The largest absolute Gasteiger partial charge is 0.480 e. The maximum atomic E-state index is 12.5. The van der Waals surface area contributed by atoms with Crippen LogP contribution >= 0.6 is 7.82 Å². The number of carbonyl (C=O) groups is 3. The van der Waals surface area contributed by atoms with Crippen LogP contribution in [0.15, 0.2) is 109 Å². The summed E-state index contributed by atoms with van der Waals surface area (Å²) in [5.74, 6) is -2.55. The van der Waals surface area contributed by atoms with Gasteiger partial charge in [-0.1, -0.05) is 130 Å². The summed E-state index contributed by atoms with van der Waals surface area (Å²) < 4.78 is 32.3. The van der Waals surface area contributed by atoms with Gasteiger partial charge < -0.3 is 25.2 Å². The molecule has 0 spiro atoms. The smallest absolute Gasteiger partial charge is 0.472 e. The number of rotatable bonds is 29. The number of carbonyl (C=O) groups excluding carboxylic acids is 2. The Bertz CT molecular complexity index is 1260. The second-order valence-electron chi connectivity index (χ2n) is 10.7. The van der Waals surface area contributed by atoms with Gasteiger partial charge in [0, 0.05) is 12.8 Å². The standard InChI is InChI=1S/C38H56NO10P/c1-3-5-7-9-11-13-15-17-19-21-23-25-27-29-36(40)46-31-34(32-47-50(44,45)48-33-35(39)38(42)43)49-37(41)30-28-26-24-22-20-18-16-14-12-10-8-6-4-2/h5-21,23,34-35H,3-4,22,24-33,39H2,1-2H3,(H,42,43)(H,44,45)/b7-5+,8-6+,11-9+,12-10+,15-13+,16-14+,19-17+,20-18+,23-21+/t34?,35-/m0/s1. The lowest BCUT2D eigenvalue weighted by Gasteiger charge is -2.20. The van der Waals surface area contributed by atoms with Crippen molar-refractivity contribution in [2.45, 2.75) is 90.2 Å². The predicted octanol–water partition coefficient (Wildman–Crippen LogP) is 7.93. The van der Waals surface area contributed by atoms with Crippen molar-refractivity contribution < 1.29 is 47.5 Å². The minimum Gasteiger partial charge on any atom is -0.480 e. The number of nitrogens with two attached hydrogens (primary N) is 1. The van der Waals surface area contributed by atoms with E-state index in [1.165, 1.54) is 0 Å². The van der Waals surface area contributed by atoms with Gasteiger partial charge in [-0.15, -0.1) is 0 Å². The fourth-order valence-corrected chi connectivity index (χ4v) is 4.35. The van der Waals surface area contributed by atoms with E-state index in [0.717, 1.165) is 32.1 Å². The van der Waals surface area contributed by atoms with E-state index in [4.69, 9.17) is 24.8 Å². The van der Waals surface area contributed by atoms with Gasteiger partial charge in [0.05, 0.1) is 13.2 Å². The number of esters is 2. The topological polar surface area (TPSA) is 172 Å². The Labute approximate surface area is 297 Å². The summed E-state index contributed by atoms with van der Waals surface area (Å²) in [6.45, 7) is 2.33. The van der Waals surface area contributed by atoms with Crippen molar-refractivity contribution in [2.24, 2.45) is 5.73 Å².